The minimum Gasteiger partial charge on any atom is -0.497 e. The summed E-state index contributed by atoms with van der Waals surface area (Å²) >= 11 is 0. The first-order chi connectivity index (χ1) is 9.31. The van der Waals surface area contributed by atoms with E-state index in [0.717, 1.165) is 12.7 Å². The molecule has 0 radical (unpaired) electrons. The zero-order valence-electron chi connectivity index (χ0n) is 11.4. The summed E-state index contributed by atoms with van der Waals surface area (Å²) in [6.07, 6.45) is 1.61. The van der Waals surface area contributed by atoms with Crippen molar-refractivity contribution in [3.63, 3.8) is 0 Å². The molecule has 0 atom stereocenters. The van der Waals surface area contributed by atoms with Crippen LogP contribution in [0.15, 0.2) is 18.2 Å². The molecule has 0 amide bonds. The molecule has 0 unspecified atom stereocenters. The number of hydrogen-bond donors (Lipinski definition) is 0. The monoisotopic (exact) mass is 268 g/mol. The zero-order chi connectivity index (χ0) is 13.9. The molecule has 5 heteroatoms. The van der Waals surface area contributed by atoms with Crippen LogP contribution in [-0.4, -0.2) is 46.9 Å². The number of carbonyl (C=O) groups is 1. The van der Waals surface area contributed by atoms with Gasteiger partial charge >= 0.3 is 0 Å². The predicted molar refractivity (Wildman–Crippen MR) is 71.2 cm³/mol. The van der Waals surface area contributed by atoms with Crippen LogP contribution >= 0.6 is 0 Å². The summed E-state index contributed by atoms with van der Waals surface area (Å²) in [5.41, 5.74) is 0.471. The van der Waals surface area contributed by atoms with E-state index in [2.05, 4.69) is 0 Å². The van der Waals surface area contributed by atoms with Gasteiger partial charge in [-0.2, -0.15) is 0 Å². The van der Waals surface area contributed by atoms with Crippen molar-refractivity contribution in [3.05, 3.63) is 23.8 Å². The van der Waals surface area contributed by atoms with Crippen molar-refractivity contribution in [2.45, 2.75) is 6.42 Å². The standard InChI is InChI=1S/C14H20O5/c1-16-6-3-7-18-8-9-19-14-5-4-13(17-2)10-12(14)11-15/h4-5,10-11H,3,6-9H2,1-2H3. The molecule has 0 bridgehead atoms. The number of hydrogen-bond acceptors (Lipinski definition) is 5. The highest BCUT2D eigenvalue weighted by Crippen LogP contribution is 2.22. The van der Waals surface area contributed by atoms with Gasteiger partial charge in [0.25, 0.3) is 0 Å². The number of methoxy groups -OCH3 is 2. The number of aldehydes is 1. The Balaban J connectivity index is 2.30. The molecule has 0 saturated carbocycles. The van der Waals surface area contributed by atoms with Crippen molar-refractivity contribution in [2.75, 3.05) is 40.6 Å². The van der Waals surface area contributed by atoms with Gasteiger partial charge in [-0.15, -0.1) is 0 Å². The second-order valence-electron chi connectivity index (χ2n) is 3.83. The van der Waals surface area contributed by atoms with E-state index < -0.39 is 0 Å². The highest BCUT2D eigenvalue weighted by atomic mass is 16.5. The maximum atomic E-state index is 10.9. The highest BCUT2D eigenvalue weighted by Gasteiger charge is 2.04. The highest BCUT2D eigenvalue weighted by molar-refractivity contribution is 5.80. The van der Waals surface area contributed by atoms with Crippen LogP contribution in [0.4, 0.5) is 0 Å². The van der Waals surface area contributed by atoms with E-state index >= 15 is 0 Å². The molecule has 0 aliphatic carbocycles. The van der Waals surface area contributed by atoms with Crippen LogP contribution in [0, 0.1) is 0 Å². The summed E-state index contributed by atoms with van der Waals surface area (Å²) < 4.78 is 20.8. The van der Waals surface area contributed by atoms with Crippen molar-refractivity contribution in [1.82, 2.24) is 0 Å². The first-order valence-electron chi connectivity index (χ1n) is 6.14. The second-order valence-corrected chi connectivity index (χ2v) is 3.83. The van der Waals surface area contributed by atoms with Gasteiger partial charge in [0.15, 0.2) is 6.29 Å². The van der Waals surface area contributed by atoms with Gasteiger partial charge in [0.05, 0.1) is 19.3 Å². The van der Waals surface area contributed by atoms with Crippen molar-refractivity contribution in [1.29, 1.82) is 0 Å². The minimum atomic E-state index is 0.403. The summed E-state index contributed by atoms with van der Waals surface area (Å²) in [6.45, 7) is 2.21. The fourth-order valence-electron chi connectivity index (χ4n) is 1.49. The SMILES string of the molecule is COCCCOCCOc1ccc(OC)cc1C=O. The zero-order valence-corrected chi connectivity index (χ0v) is 11.4. The Morgan fingerprint density at radius 3 is 2.63 bits per heavy atom. The Kier molecular flexibility index (Phi) is 7.62. The van der Waals surface area contributed by atoms with Gasteiger partial charge in [0, 0.05) is 20.3 Å². The summed E-state index contributed by atoms with van der Waals surface area (Å²) in [7, 11) is 3.21. The lowest BCUT2D eigenvalue weighted by atomic mass is 10.2. The smallest absolute Gasteiger partial charge is 0.153 e. The van der Waals surface area contributed by atoms with E-state index in [4.69, 9.17) is 18.9 Å². The van der Waals surface area contributed by atoms with Gasteiger partial charge in [0.1, 0.15) is 18.1 Å². The molecule has 0 heterocycles. The van der Waals surface area contributed by atoms with Gasteiger partial charge in [-0.25, -0.2) is 0 Å². The van der Waals surface area contributed by atoms with E-state index in [0.29, 0.717) is 43.5 Å². The molecule has 0 N–H and O–H groups in total. The topological polar surface area (TPSA) is 54.0 Å². The molecule has 106 valence electrons. The van der Waals surface area contributed by atoms with E-state index in [1.807, 2.05) is 0 Å². The van der Waals surface area contributed by atoms with Gasteiger partial charge < -0.3 is 18.9 Å². The molecule has 0 spiro atoms. The Morgan fingerprint density at radius 2 is 1.95 bits per heavy atom. The Hall–Kier alpha value is -1.59. The van der Waals surface area contributed by atoms with Gasteiger partial charge in [0.2, 0.25) is 0 Å². The van der Waals surface area contributed by atoms with Crippen LogP contribution in [0.2, 0.25) is 0 Å². The third kappa shape index (κ3) is 5.72. The molecule has 1 aromatic rings. The van der Waals surface area contributed by atoms with E-state index in [1.165, 1.54) is 0 Å². The van der Waals surface area contributed by atoms with Crippen LogP contribution < -0.4 is 9.47 Å². The number of ether oxygens (including phenoxy) is 4. The Labute approximate surface area is 113 Å². The number of rotatable bonds is 10. The predicted octanol–water partition coefficient (Wildman–Crippen LogP) is 1.94. The molecule has 1 rings (SSSR count). The van der Waals surface area contributed by atoms with Crippen LogP contribution in [0.5, 0.6) is 11.5 Å². The third-order valence-electron chi connectivity index (χ3n) is 2.47. The van der Waals surface area contributed by atoms with E-state index in [1.54, 1.807) is 32.4 Å². The molecule has 1 aromatic carbocycles. The average molecular weight is 268 g/mol. The van der Waals surface area contributed by atoms with E-state index in [9.17, 15) is 4.79 Å². The molecular weight excluding hydrogens is 248 g/mol. The van der Waals surface area contributed by atoms with Gasteiger partial charge in [-0.3, -0.25) is 4.79 Å². The lowest BCUT2D eigenvalue weighted by Gasteiger charge is -2.10. The molecule has 0 fully saturated rings. The van der Waals surface area contributed by atoms with Crippen LogP contribution in [0.3, 0.4) is 0 Å². The summed E-state index contributed by atoms with van der Waals surface area (Å²) in [5.74, 6) is 1.17. The molecule has 0 aromatic heterocycles. The Bertz CT molecular complexity index is 378. The first kappa shape index (κ1) is 15.5. The lowest BCUT2D eigenvalue weighted by Crippen LogP contribution is -2.09. The maximum absolute atomic E-state index is 10.9. The minimum absolute atomic E-state index is 0.403. The number of carbonyl (C=O) groups excluding carboxylic acids is 1. The molecule has 5 nitrogen and oxygen atoms in total. The third-order valence-corrected chi connectivity index (χ3v) is 2.47. The first-order valence-corrected chi connectivity index (χ1v) is 6.14. The van der Waals surface area contributed by atoms with Crippen molar-refractivity contribution in [2.24, 2.45) is 0 Å². The van der Waals surface area contributed by atoms with Crippen molar-refractivity contribution >= 4 is 6.29 Å². The average Bonchev–Trinajstić information content (AvgIpc) is 2.46. The van der Waals surface area contributed by atoms with Gasteiger partial charge in [-0.1, -0.05) is 0 Å². The summed E-state index contributed by atoms with van der Waals surface area (Å²) in [6, 6.07) is 5.11. The lowest BCUT2D eigenvalue weighted by molar-refractivity contribution is 0.0802. The fourth-order valence-corrected chi connectivity index (χ4v) is 1.49. The fraction of sp³-hybridized carbons (Fsp3) is 0.500. The van der Waals surface area contributed by atoms with Gasteiger partial charge in [-0.05, 0) is 24.6 Å². The number of benzene rings is 1. The molecule has 0 saturated heterocycles. The van der Waals surface area contributed by atoms with Crippen molar-refractivity contribution < 1.29 is 23.7 Å². The molecule has 0 aliphatic heterocycles. The Morgan fingerprint density at radius 1 is 1.11 bits per heavy atom. The van der Waals surface area contributed by atoms with Crippen LogP contribution in [0.25, 0.3) is 0 Å². The largest absolute Gasteiger partial charge is 0.497 e. The quantitative estimate of drug-likeness (QED) is 0.479. The molecular formula is C14H20O5. The molecule has 19 heavy (non-hydrogen) atoms. The van der Waals surface area contributed by atoms with Crippen LogP contribution in [0.1, 0.15) is 16.8 Å². The maximum Gasteiger partial charge on any atom is 0.153 e. The summed E-state index contributed by atoms with van der Waals surface area (Å²) in [4.78, 5) is 10.9. The molecule has 0 aliphatic rings. The summed E-state index contributed by atoms with van der Waals surface area (Å²) in [5, 5.41) is 0. The second kappa shape index (κ2) is 9.35. The van der Waals surface area contributed by atoms with Crippen molar-refractivity contribution in [3.8, 4) is 11.5 Å². The van der Waals surface area contributed by atoms with Crippen LogP contribution in [-0.2, 0) is 9.47 Å². The van der Waals surface area contributed by atoms with E-state index in [-0.39, 0.29) is 0 Å². The normalized spacial score (nSPS) is 10.2.